The Morgan fingerprint density at radius 3 is 2.22 bits per heavy atom. The van der Waals surface area contributed by atoms with Gasteiger partial charge in [0.1, 0.15) is 12.4 Å². The molecule has 174 valence electrons. The molecule has 1 saturated carbocycles. The number of halogens is 1. The summed E-state index contributed by atoms with van der Waals surface area (Å²) < 4.78 is 51.9. The fourth-order valence-corrected chi connectivity index (χ4v) is 5.29. The number of nitrogens with zero attached hydrogens (tertiary/aromatic N) is 1. The fraction of sp³-hybridized carbons (Fsp3) is 0.435. The second kappa shape index (κ2) is 10.7. The number of sulfonamides is 1. The molecule has 1 aliphatic carbocycles. The molecule has 0 bridgehead atoms. The van der Waals surface area contributed by atoms with Crippen LogP contribution < -0.4 is 19.1 Å². The van der Waals surface area contributed by atoms with E-state index in [0.29, 0.717) is 5.75 Å². The summed E-state index contributed by atoms with van der Waals surface area (Å²) in [6, 6.07) is 9.25. The molecule has 0 heterocycles. The van der Waals surface area contributed by atoms with Crippen molar-refractivity contribution in [2.75, 3.05) is 25.1 Å². The van der Waals surface area contributed by atoms with Gasteiger partial charge < -0.3 is 14.8 Å². The van der Waals surface area contributed by atoms with Crippen molar-refractivity contribution < 1.29 is 27.1 Å². The predicted molar refractivity (Wildman–Crippen MR) is 120 cm³/mol. The van der Waals surface area contributed by atoms with E-state index < -0.39 is 28.3 Å². The van der Waals surface area contributed by atoms with Crippen LogP contribution in [0.4, 0.5) is 10.1 Å². The van der Waals surface area contributed by atoms with Gasteiger partial charge in [0, 0.05) is 12.1 Å². The lowest BCUT2D eigenvalue weighted by Gasteiger charge is -2.26. The molecule has 3 rings (SSSR count). The largest absolute Gasteiger partial charge is 0.493 e. The summed E-state index contributed by atoms with van der Waals surface area (Å²) in [6.45, 7) is -0.418. The Morgan fingerprint density at radius 1 is 1.00 bits per heavy atom. The van der Waals surface area contributed by atoms with Crippen molar-refractivity contribution in [3.05, 3.63) is 48.3 Å². The highest BCUT2D eigenvalue weighted by Gasteiger charge is 2.29. The van der Waals surface area contributed by atoms with E-state index in [9.17, 15) is 17.6 Å². The van der Waals surface area contributed by atoms with E-state index in [1.165, 1.54) is 44.6 Å². The first-order valence-electron chi connectivity index (χ1n) is 10.6. The van der Waals surface area contributed by atoms with Crippen LogP contribution in [0.2, 0.25) is 0 Å². The highest BCUT2D eigenvalue weighted by atomic mass is 32.2. The molecular weight excluding hydrogens is 435 g/mol. The van der Waals surface area contributed by atoms with Crippen molar-refractivity contribution in [3.8, 4) is 11.5 Å². The molecule has 0 saturated heterocycles. The number of carbonyl (C=O) groups excluding carboxylic acids is 1. The number of ether oxygens (including phenoxy) is 2. The van der Waals surface area contributed by atoms with Crippen molar-refractivity contribution in [2.24, 2.45) is 0 Å². The Hall–Kier alpha value is -2.81. The quantitative estimate of drug-likeness (QED) is 0.600. The molecule has 0 atom stereocenters. The van der Waals surface area contributed by atoms with Crippen molar-refractivity contribution in [1.29, 1.82) is 0 Å². The van der Waals surface area contributed by atoms with E-state index in [1.54, 1.807) is 0 Å². The number of hydrogen-bond donors (Lipinski definition) is 1. The smallest absolute Gasteiger partial charge is 0.264 e. The van der Waals surface area contributed by atoms with Gasteiger partial charge in [0.05, 0.1) is 24.8 Å². The number of anilines is 1. The molecule has 32 heavy (non-hydrogen) atoms. The SMILES string of the molecule is COc1ccc(S(=O)(=O)N(CC(=O)NC2CCCCCC2)c2ccc(F)cc2)cc1OC. The molecule has 0 radical (unpaired) electrons. The lowest BCUT2D eigenvalue weighted by atomic mass is 10.1. The minimum atomic E-state index is -4.15. The van der Waals surface area contributed by atoms with Crippen LogP contribution in [0, 0.1) is 5.82 Å². The molecule has 0 spiro atoms. The van der Waals surface area contributed by atoms with Crippen LogP contribution in [0.5, 0.6) is 11.5 Å². The third-order valence-corrected chi connectivity index (χ3v) is 7.33. The van der Waals surface area contributed by atoms with Gasteiger partial charge in [0.25, 0.3) is 10.0 Å². The van der Waals surface area contributed by atoms with Crippen molar-refractivity contribution >= 4 is 21.6 Å². The maximum absolute atomic E-state index is 13.5. The molecule has 2 aromatic carbocycles. The normalized spacial score (nSPS) is 15.0. The molecule has 1 amide bonds. The van der Waals surface area contributed by atoms with Crippen LogP contribution in [0.25, 0.3) is 0 Å². The molecule has 7 nitrogen and oxygen atoms in total. The number of nitrogens with one attached hydrogen (secondary N) is 1. The summed E-state index contributed by atoms with van der Waals surface area (Å²) in [5.41, 5.74) is 0.192. The van der Waals surface area contributed by atoms with E-state index >= 15 is 0 Å². The Balaban J connectivity index is 1.91. The van der Waals surface area contributed by atoms with E-state index in [0.717, 1.165) is 55.0 Å². The van der Waals surface area contributed by atoms with Gasteiger partial charge in [-0.25, -0.2) is 12.8 Å². The molecule has 2 aromatic rings. The Kier molecular flexibility index (Phi) is 7.95. The van der Waals surface area contributed by atoms with E-state index in [1.807, 2.05) is 0 Å². The highest BCUT2D eigenvalue weighted by molar-refractivity contribution is 7.92. The van der Waals surface area contributed by atoms with Crippen LogP contribution in [0.1, 0.15) is 38.5 Å². The summed E-state index contributed by atoms with van der Waals surface area (Å²) in [4.78, 5) is 12.8. The standard InChI is InChI=1S/C23H29FN2O5S/c1-30-21-14-13-20(15-22(21)31-2)32(28,29)26(19-11-9-17(24)10-12-19)16-23(27)25-18-7-5-3-4-6-8-18/h9-15,18H,3-8,16H2,1-2H3,(H,25,27). The number of carbonyl (C=O) groups is 1. The van der Waals surface area contributed by atoms with Gasteiger partial charge in [-0.1, -0.05) is 25.7 Å². The second-order valence-electron chi connectivity index (χ2n) is 7.76. The van der Waals surface area contributed by atoms with Gasteiger partial charge in [-0.3, -0.25) is 9.10 Å². The zero-order chi connectivity index (χ0) is 23.1. The van der Waals surface area contributed by atoms with Gasteiger partial charge >= 0.3 is 0 Å². The number of hydrogen-bond acceptors (Lipinski definition) is 5. The molecular formula is C23H29FN2O5S. The van der Waals surface area contributed by atoms with E-state index in [-0.39, 0.29) is 22.4 Å². The summed E-state index contributed by atoms with van der Waals surface area (Å²) in [7, 11) is -1.29. The third-order valence-electron chi connectivity index (χ3n) is 5.57. The van der Waals surface area contributed by atoms with Gasteiger partial charge in [0.2, 0.25) is 5.91 Å². The topological polar surface area (TPSA) is 84.9 Å². The van der Waals surface area contributed by atoms with Crippen molar-refractivity contribution in [1.82, 2.24) is 5.32 Å². The number of amides is 1. The summed E-state index contributed by atoms with van der Waals surface area (Å²) in [5, 5.41) is 2.97. The van der Waals surface area contributed by atoms with Gasteiger partial charge in [-0.2, -0.15) is 0 Å². The number of rotatable bonds is 8. The second-order valence-corrected chi connectivity index (χ2v) is 9.62. The first-order chi connectivity index (χ1) is 15.3. The van der Waals surface area contributed by atoms with Crippen LogP contribution >= 0.6 is 0 Å². The zero-order valence-electron chi connectivity index (χ0n) is 18.3. The van der Waals surface area contributed by atoms with Crippen molar-refractivity contribution in [2.45, 2.75) is 49.5 Å². The summed E-state index contributed by atoms with van der Waals surface area (Å²) in [6.07, 6.45) is 6.12. The molecule has 0 aliphatic heterocycles. The van der Waals surface area contributed by atoms with Crippen LogP contribution in [-0.2, 0) is 14.8 Å². The summed E-state index contributed by atoms with van der Waals surface area (Å²) >= 11 is 0. The minimum Gasteiger partial charge on any atom is -0.493 e. The zero-order valence-corrected chi connectivity index (χ0v) is 19.2. The monoisotopic (exact) mass is 464 g/mol. The minimum absolute atomic E-state index is 0.0313. The third kappa shape index (κ3) is 5.70. The average molecular weight is 465 g/mol. The molecule has 1 N–H and O–H groups in total. The van der Waals surface area contributed by atoms with Gasteiger partial charge in [-0.05, 0) is 49.2 Å². The molecule has 0 aromatic heterocycles. The van der Waals surface area contributed by atoms with Gasteiger partial charge in [-0.15, -0.1) is 0 Å². The van der Waals surface area contributed by atoms with Crippen LogP contribution in [0.3, 0.4) is 0 Å². The predicted octanol–water partition coefficient (Wildman–Crippen LogP) is 3.88. The highest BCUT2D eigenvalue weighted by Crippen LogP contribution is 2.32. The van der Waals surface area contributed by atoms with E-state index in [2.05, 4.69) is 5.32 Å². The first kappa shape index (κ1) is 23.8. The average Bonchev–Trinajstić information content (AvgIpc) is 3.06. The Morgan fingerprint density at radius 2 is 1.62 bits per heavy atom. The molecule has 9 heteroatoms. The first-order valence-corrected chi connectivity index (χ1v) is 12.1. The number of methoxy groups -OCH3 is 2. The lowest BCUT2D eigenvalue weighted by Crippen LogP contribution is -2.44. The van der Waals surface area contributed by atoms with Crippen molar-refractivity contribution in [3.63, 3.8) is 0 Å². The van der Waals surface area contributed by atoms with Crippen LogP contribution in [-0.4, -0.2) is 41.1 Å². The number of benzene rings is 2. The maximum atomic E-state index is 13.5. The lowest BCUT2D eigenvalue weighted by molar-refractivity contribution is -0.120. The maximum Gasteiger partial charge on any atom is 0.264 e. The molecule has 1 aliphatic rings. The molecule has 1 fully saturated rings. The van der Waals surface area contributed by atoms with Crippen LogP contribution in [0.15, 0.2) is 47.4 Å². The Labute approximate surface area is 188 Å². The Bertz CT molecular complexity index is 1020. The fourth-order valence-electron chi connectivity index (χ4n) is 3.85. The van der Waals surface area contributed by atoms with E-state index in [4.69, 9.17) is 9.47 Å². The molecule has 0 unspecified atom stereocenters. The van der Waals surface area contributed by atoms with Gasteiger partial charge in [0.15, 0.2) is 11.5 Å². The summed E-state index contributed by atoms with van der Waals surface area (Å²) in [5.74, 6) is -0.271.